The number of carboxylic acids is 1. The smallest absolute Gasteiger partial charge is 0.321 e. The van der Waals surface area contributed by atoms with Gasteiger partial charge in [0.1, 0.15) is 5.92 Å². The molecule has 13 heavy (non-hydrogen) atoms. The average Bonchev–Trinajstić information content (AvgIpc) is 2.10. The van der Waals surface area contributed by atoms with Crippen LogP contribution in [0.25, 0.3) is 0 Å². The van der Waals surface area contributed by atoms with E-state index in [1.165, 1.54) is 7.11 Å². The highest BCUT2D eigenvalue weighted by atomic mass is 16.5. The van der Waals surface area contributed by atoms with Gasteiger partial charge in [-0.3, -0.25) is 9.59 Å². The third kappa shape index (κ3) is 4.86. The van der Waals surface area contributed by atoms with E-state index in [4.69, 9.17) is 5.11 Å². The quantitative estimate of drug-likeness (QED) is 0.517. The van der Waals surface area contributed by atoms with Gasteiger partial charge in [-0.1, -0.05) is 12.8 Å². The van der Waals surface area contributed by atoms with Gasteiger partial charge < -0.3 is 9.84 Å². The van der Waals surface area contributed by atoms with E-state index in [1.54, 1.807) is 0 Å². The molecule has 4 nitrogen and oxygen atoms in total. The van der Waals surface area contributed by atoms with E-state index in [1.807, 2.05) is 6.92 Å². The summed E-state index contributed by atoms with van der Waals surface area (Å²) in [6.07, 6.45) is 0.285. The van der Waals surface area contributed by atoms with Gasteiger partial charge in [-0.25, -0.2) is 0 Å². The third-order valence-corrected chi connectivity index (χ3v) is 1.32. The lowest BCUT2D eigenvalue weighted by atomic mass is 10.1. The SMILES string of the molecule is CCC#CC(CC(=O)O)C(=O)OC. The number of hydrogen-bond acceptors (Lipinski definition) is 3. The lowest BCUT2D eigenvalue weighted by Crippen LogP contribution is -2.18. The number of carboxylic acid groups (broad SMARTS) is 1. The maximum absolute atomic E-state index is 11.0. The first kappa shape index (κ1) is 11.5. The van der Waals surface area contributed by atoms with E-state index >= 15 is 0 Å². The number of rotatable bonds is 3. The van der Waals surface area contributed by atoms with Crippen LogP contribution in [0.15, 0.2) is 0 Å². The standard InChI is InChI=1S/C9H12O4/c1-3-4-5-7(6-8(10)11)9(12)13-2/h7H,3,6H2,1-2H3,(H,10,11). The molecule has 0 heterocycles. The van der Waals surface area contributed by atoms with Crippen molar-refractivity contribution >= 4 is 11.9 Å². The van der Waals surface area contributed by atoms with Crippen LogP contribution >= 0.6 is 0 Å². The maximum atomic E-state index is 11.0. The molecule has 0 saturated carbocycles. The Bertz CT molecular complexity index is 246. The van der Waals surface area contributed by atoms with Crippen LogP contribution in [0.3, 0.4) is 0 Å². The van der Waals surface area contributed by atoms with Gasteiger partial charge in [0, 0.05) is 6.42 Å². The molecular weight excluding hydrogens is 172 g/mol. The molecule has 4 heteroatoms. The molecule has 0 radical (unpaired) electrons. The average molecular weight is 184 g/mol. The molecule has 0 saturated heterocycles. The fourth-order valence-corrected chi connectivity index (χ4v) is 0.735. The highest BCUT2D eigenvalue weighted by Gasteiger charge is 2.19. The summed E-state index contributed by atoms with van der Waals surface area (Å²) in [6, 6.07) is 0. The summed E-state index contributed by atoms with van der Waals surface area (Å²) in [4.78, 5) is 21.3. The normalized spacial score (nSPS) is 10.9. The first-order chi connectivity index (χ1) is 6.11. The van der Waals surface area contributed by atoms with Crippen molar-refractivity contribution in [2.75, 3.05) is 7.11 Å². The molecule has 0 aromatic carbocycles. The molecular formula is C9H12O4. The van der Waals surface area contributed by atoms with Crippen molar-refractivity contribution in [1.82, 2.24) is 0 Å². The highest BCUT2D eigenvalue weighted by Crippen LogP contribution is 2.03. The Labute approximate surface area is 76.9 Å². The van der Waals surface area contributed by atoms with Crippen molar-refractivity contribution in [2.24, 2.45) is 5.92 Å². The Morgan fingerprint density at radius 1 is 1.54 bits per heavy atom. The first-order valence-electron chi connectivity index (χ1n) is 3.89. The summed E-state index contributed by atoms with van der Waals surface area (Å²) < 4.78 is 4.41. The van der Waals surface area contributed by atoms with Crippen molar-refractivity contribution in [3.8, 4) is 11.8 Å². The van der Waals surface area contributed by atoms with Gasteiger partial charge in [0.05, 0.1) is 13.5 Å². The molecule has 0 aliphatic rings. The van der Waals surface area contributed by atoms with Gasteiger partial charge in [-0.15, -0.1) is 5.92 Å². The van der Waals surface area contributed by atoms with E-state index in [9.17, 15) is 9.59 Å². The number of esters is 1. The summed E-state index contributed by atoms with van der Waals surface area (Å²) in [5.74, 6) is 2.71. The molecule has 0 aliphatic heterocycles. The second kappa shape index (κ2) is 6.06. The van der Waals surface area contributed by atoms with Gasteiger partial charge in [-0.2, -0.15) is 0 Å². The molecule has 0 fully saturated rings. The third-order valence-electron chi connectivity index (χ3n) is 1.32. The number of aliphatic carboxylic acids is 1. The molecule has 0 aromatic rings. The maximum Gasteiger partial charge on any atom is 0.321 e. The van der Waals surface area contributed by atoms with Gasteiger partial charge in [0.15, 0.2) is 0 Å². The Balaban J connectivity index is 4.36. The van der Waals surface area contributed by atoms with Crippen LogP contribution in [0.1, 0.15) is 19.8 Å². The van der Waals surface area contributed by atoms with Crippen LogP contribution in [-0.4, -0.2) is 24.2 Å². The molecule has 0 rings (SSSR count). The van der Waals surface area contributed by atoms with Crippen molar-refractivity contribution in [3.05, 3.63) is 0 Å². The van der Waals surface area contributed by atoms with Crippen molar-refractivity contribution < 1.29 is 19.4 Å². The van der Waals surface area contributed by atoms with Crippen LogP contribution in [0.5, 0.6) is 0 Å². The van der Waals surface area contributed by atoms with Gasteiger partial charge >= 0.3 is 11.9 Å². The van der Waals surface area contributed by atoms with E-state index in [-0.39, 0.29) is 6.42 Å². The number of ether oxygens (including phenoxy) is 1. The van der Waals surface area contributed by atoms with Crippen molar-refractivity contribution in [2.45, 2.75) is 19.8 Å². The van der Waals surface area contributed by atoms with Crippen molar-refractivity contribution in [1.29, 1.82) is 0 Å². The number of carbonyl (C=O) groups is 2. The summed E-state index contributed by atoms with van der Waals surface area (Å²) >= 11 is 0. The predicted molar refractivity (Wildman–Crippen MR) is 45.8 cm³/mol. The molecule has 1 unspecified atom stereocenters. The second-order valence-corrected chi connectivity index (χ2v) is 2.35. The minimum Gasteiger partial charge on any atom is -0.481 e. The van der Waals surface area contributed by atoms with Gasteiger partial charge in [-0.05, 0) is 0 Å². The van der Waals surface area contributed by atoms with Crippen LogP contribution < -0.4 is 0 Å². The van der Waals surface area contributed by atoms with Crippen LogP contribution in [0, 0.1) is 17.8 Å². The fraction of sp³-hybridized carbons (Fsp3) is 0.556. The zero-order valence-corrected chi connectivity index (χ0v) is 7.66. The van der Waals surface area contributed by atoms with Crippen LogP contribution in [0.2, 0.25) is 0 Å². The molecule has 0 aromatic heterocycles. The van der Waals surface area contributed by atoms with Crippen LogP contribution in [-0.2, 0) is 14.3 Å². The lowest BCUT2D eigenvalue weighted by Gasteiger charge is -2.04. The fourth-order valence-electron chi connectivity index (χ4n) is 0.735. The van der Waals surface area contributed by atoms with Crippen LogP contribution in [0.4, 0.5) is 0 Å². The molecule has 1 atom stereocenters. The van der Waals surface area contributed by atoms with E-state index in [2.05, 4.69) is 16.6 Å². The molecule has 0 bridgehead atoms. The monoisotopic (exact) mass is 184 g/mol. The van der Waals surface area contributed by atoms with E-state index in [0.717, 1.165) is 0 Å². The molecule has 72 valence electrons. The summed E-state index contributed by atoms with van der Waals surface area (Å²) in [5, 5.41) is 8.45. The Morgan fingerprint density at radius 2 is 2.15 bits per heavy atom. The zero-order valence-electron chi connectivity index (χ0n) is 7.66. The topological polar surface area (TPSA) is 63.6 Å². The Kier molecular flexibility index (Phi) is 5.37. The van der Waals surface area contributed by atoms with Gasteiger partial charge in [0.2, 0.25) is 0 Å². The second-order valence-electron chi connectivity index (χ2n) is 2.35. The largest absolute Gasteiger partial charge is 0.481 e. The first-order valence-corrected chi connectivity index (χ1v) is 3.89. The number of hydrogen-bond donors (Lipinski definition) is 1. The number of carbonyl (C=O) groups excluding carboxylic acids is 1. The summed E-state index contributed by atoms with van der Waals surface area (Å²) in [6.45, 7) is 1.82. The molecule has 1 N–H and O–H groups in total. The van der Waals surface area contributed by atoms with E-state index < -0.39 is 17.9 Å². The van der Waals surface area contributed by atoms with Crippen molar-refractivity contribution in [3.63, 3.8) is 0 Å². The minimum absolute atomic E-state index is 0.306. The Hall–Kier alpha value is -1.50. The summed E-state index contributed by atoms with van der Waals surface area (Å²) in [5.41, 5.74) is 0. The predicted octanol–water partition coefficient (Wildman–Crippen LogP) is 0.664. The molecule has 0 aliphatic carbocycles. The Morgan fingerprint density at radius 3 is 2.54 bits per heavy atom. The van der Waals surface area contributed by atoms with E-state index in [0.29, 0.717) is 6.42 Å². The minimum atomic E-state index is -1.05. The number of methoxy groups -OCH3 is 1. The molecule has 0 spiro atoms. The molecule has 0 amide bonds. The van der Waals surface area contributed by atoms with Gasteiger partial charge in [0.25, 0.3) is 0 Å². The highest BCUT2D eigenvalue weighted by molar-refractivity contribution is 5.81. The summed E-state index contributed by atoms with van der Waals surface area (Å²) in [7, 11) is 1.21. The zero-order chi connectivity index (χ0) is 10.3. The lowest BCUT2D eigenvalue weighted by molar-refractivity contribution is -0.148.